The predicted molar refractivity (Wildman–Crippen MR) is 96.8 cm³/mol. The van der Waals surface area contributed by atoms with Crippen molar-refractivity contribution in [3.63, 3.8) is 0 Å². The zero-order chi connectivity index (χ0) is 16.5. The molecule has 1 N–H and O–H groups in total. The molecular formula is C19H23NO2S. The Morgan fingerprint density at radius 3 is 2.78 bits per heavy atom. The Morgan fingerprint density at radius 1 is 1.17 bits per heavy atom. The maximum Gasteiger partial charge on any atom is 0.230 e. The maximum atomic E-state index is 11.9. The number of hydrogen-bond acceptors (Lipinski definition) is 3. The number of rotatable bonds is 8. The quantitative estimate of drug-likeness (QED) is 0.797. The fraction of sp³-hybridized carbons (Fsp3) is 0.316. The van der Waals surface area contributed by atoms with Gasteiger partial charge in [-0.25, -0.2) is 0 Å². The van der Waals surface area contributed by atoms with E-state index in [-0.39, 0.29) is 5.91 Å². The lowest BCUT2D eigenvalue weighted by atomic mass is 10.1. The van der Waals surface area contributed by atoms with E-state index < -0.39 is 0 Å². The first-order chi connectivity index (χ1) is 11.2. The van der Waals surface area contributed by atoms with Crippen LogP contribution in [0, 0.1) is 6.92 Å². The van der Waals surface area contributed by atoms with Crippen molar-refractivity contribution in [3.05, 3.63) is 65.2 Å². The number of thioether (sulfide) groups is 1. The first kappa shape index (κ1) is 17.4. The van der Waals surface area contributed by atoms with Crippen molar-refractivity contribution in [2.24, 2.45) is 0 Å². The molecule has 2 rings (SSSR count). The van der Waals surface area contributed by atoms with Gasteiger partial charge in [0.05, 0.1) is 12.4 Å². The second-order valence-corrected chi connectivity index (χ2v) is 6.26. The van der Waals surface area contributed by atoms with Crippen molar-refractivity contribution in [2.75, 3.05) is 12.4 Å². The van der Waals surface area contributed by atoms with E-state index in [1.807, 2.05) is 43.3 Å². The summed E-state index contributed by atoms with van der Waals surface area (Å²) in [5.41, 5.74) is 3.61. The summed E-state index contributed by atoms with van der Waals surface area (Å²) in [6.07, 6.45) is 0. The van der Waals surface area contributed by atoms with Crippen molar-refractivity contribution in [2.45, 2.75) is 26.1 Å². The van der Waals surface area contributed by atoms with E-state index in [0.29, 0.717) is 18.9 Å². The van der Waals surface area contributed by atoms with Crippen LogP contribution >= 0.6 is 11.8 Å². The molecule has 2 aromatic carbocycles. The number of amides is 1. The van der Waals surface area contributed by atoms with Crippen LogP contribution in [0.3, 0.4) is 0 Å². The van der Waals surface area contributed by atoms with Crippen LogP contribution < -0.4 is 10.1 Å². The molecular weight excluding hydrogens is 306 g/mol. The summed E-state index contributed by atoms with van der Waals surface area (Å²) >= 11 is 1.64. The lowest BCUT2D eigenvalue weighted by Gasteiger charge is -2.08. The molecule has 0 spiro atoms. The minimum absolute atomic E-state index is 0.0606. The van der Waals surface area contributed by atoms with E-state index in [2.05, 4.69) is 24.4 Å². The van der Waals surface area contributed by atoms with E-state index in [1.165, 1.54) is 11.1 Å². The van der Waals surface area contributed by atoms with Crippen LogP contribution in [0.5, 0.6) is 5.75 Å². The Kier molecular flexibility index (Phi) is 7.01. The minimum Gasteiger partial charge on any atom is -0.494 e. The van der Waals surface area contributed by atoms with Gasteiger partial charge >= 0.3 is 0 Å². The molecule has 0 aliphatic heterocycles. The van der Waals surface area contributed by atoms with Gasteiger partial charge in [-0.1, -0.05) is 36.4 Å². The molecule has 0 atom stereocenters. The van der Waals surface area contributed by atoms with Crippen LogP contribution in [0.25, 0.3) is 0 Å². The molecule has 3 nitrogen and oxygen atoms in total. The fourth-order valence-electron chi connectivity index (χ4n) is 2.19. The molecule has 0 aliphatic rings. The van der Waals surface area contributed by atoms with Gasteiger partial charge in [-0.2, -0.15) is 0 Å². The van der Waals surface area contributed by atoms with Gasteiger partial charge in [0.25, 0.3) is 0 Å². The van der Waals surface area contributed by atoms with Gasteiger partial charge in [-0.05, 0) is 42.7 Å². The molecule has 23 heavy (non-hydrogen) atoms. The highest BCUT2D eigenvalue weighted by atomic mass is 32.2. The van der Waals surface area contributed by atoms with Crippen LogP contribution in [0.1, 0.15) is 23.6 Å². The van der Waals surface area contributed by atoms with E-state index in [9.17, 15) is 4.79 Å². The normalized spacial score (nSPS) is 10.3. The highest BCUT2D eigenvalue weighted by Gasteiger charge is 2.04. The zero-order valence-electron chi connectivity index (χ0n) is 13.7. The monoisotopic (exact) mass is 329 g/mol. The van der Waals surface area contributed by atoms with Crippen molar-refractivity contribution in [1.82, 2.24) is 5.32 Å². The van der Waals surface area contributed by atoms with Crippen LogP contribution in [0.15, 0.2) is 48.5 Å². The molecule has 0 saturated carbocycles. The van der Waals surface area contributed by atoms with Gasteiger partial charge in [0, 0.05) is 12.3 Å². The average molecular weight is 329 g/mol. The largest absolute Gasteiger partial charge is 0.494 e. The summed E-state index contributed by atoms with van der Waals surface area (Å²) < 4.78 is 5.46. The summed E-state index contributed by atoms with van der Waals surface area (Å²) in [6, 6.07) is 16.1. The fourth-order valence-corrected chi connectivity index (χ4v) is 3.12. The first-order valence-electron chi connectivity index (χ1n) is 7.79. The molecule has 122 valence electrons. The van der Waals surface area contributed by atoms with Gasteiger partial charge in [-0.15, -0.1) is 11.8 Å². The Hall–Kier alpha value is -1.94. The molecule has 0 aromatic heterocycles. The molecule has 2 aromatic rings. The van der Waals surface area contributed by atoms with Gasteiger partial charge in [-0.3, -0.25) is 4.79 Å². The van der Waals surface area contributed by atoms with Gasteiger partial charge < -0.3 is 10.1 Å². The Morgan fingerprint density at radius 2 is 2.00 bits per heavy atom. The number of nitrogens with one attached hydrogen (secondary N) is 1. The predicted octanol–water partition coefficient (Wildman–Crippen LogP) is 3.94. The van der Waals surface area contributed by atoms with E-state index in [0.717, 1.165) is 17.1 Å². The van der Waals surface area contributed by atoms with Crippen LogP contribution in [-0.2, 0) is 17.1 Å². The molecule has 0 unspecified atom stereocenters. The third kappa shape index (κ3) is 5.99. The maximum absolute atomic E-state index is 11.9. The third-order valence-electron chi connectivity index (χ3n) is 3.45. The molecule has 0 bridgehead atoms. The Balaban J connectivity index is 1.73. The summed E-state index contributed by atoms with van der Waals surface area (Å²) in [5, 5.41) is 2.95. The van der Waals surface area contributed by atoms with Crippen molar-refractivity contribution in [1.29, 1.82) is 0 Å². The summed E-state index contributed by atoms with van der Waals surface area (Å²) in [7, 11) is 0. The van der Waals surface area contributed by atoms with Gasteiger partial charge in [0.1, 0.15) is 5.75 Å². The Bertz CT molecular complexity index is 643. The summed E-state index contributed by atoms with van der Waals surface area (Å²) in [5.74, 6) is 2.23. The van der Waals surface area contributed by atoms with E-state index >= 15 is 0 Å². The molecule has 1 amide bonds. The highest BCUT2D eigenvalue weighted by molar-refractivity contribution is 7.99. The molecule has 0 fully saturated rings. The van der Waals surface area contributed by atoms with Crippen molar-refractivity contribution in [3.8, 4) is 5.75 Å². The standard InChI is InChI=1S/C19H23NO2S/c1-3-22-18-10-6-8-16(11-18)12-20-19(21)14-23-13-17-9-5-4-7-15(17)2/h4-11H,3,12-14H2,1-2H3,(H,20,21). The second-order valence-electron chi connectivity index (χ2n) is 5.28. The first-order valence-corrected chi connectivity index (χ1v) is 8.95. The molecule has 0 heterocycles. The van der Waals surface area contributed by atoms with Gasteiger partial charge in [0.2, 0.25) is 5.91 Å². The minimum atomic E-state index is 0.0606. The van der Waals surface area contributed by atoms with E-state index in [4.69, 9.17) is 4.74 Å². The molecule has 0 saturated heterocycles. The molecule has 4 heteroatoms. The van der Waals surface area contributed by atoms with Gasteiger partial charge in [0.15, 0.2) is 0 Å². The topological polar surface area (TPSA) is 38.3 Å². The average Bonchev–Trinajstić information content (AvgIpc) is 2.55. The number of aryl methyl sites for hydroxylation is 1. The second kappa shape index (κ2) is 9.26. The SMILES string of the molecule is CCOc1cccc(CNC(=O)CSCc2ccccc2C)c1. The number of ether oxygens (including phenoxy) is 1. The zero-order valence-corrected chi connectivity index (χ0v) is 14.5. The lowest BCUT2D eigenvalue weighted by molar-refractivity contribution is -0.118. The Labute approximate surface area is 142 Å². The number of carbonyl (C=O) groups is 1. The highest BCUT2D eigenvalue weighted by Crippen LogP contribution is 2.16. The van der Waals surface area contributed by atoms with Crippen LogP contribution in [-0.4, -0.2) is 18.3 Å². The summed E-state index contributed by atoms with van der Waals surface area (Å²) in [4.78, 5) is 11.9. The third-order valence-corrected chi connectivity index (χ3v) is 4.43. The molecule has 0 radical (unpaired) electrons. The van der Waals surface area contributed by atoms with Crippen LogP contribution in [0.4, 0.5) is 0 Å². The lowest BCUT2D eigenvalue weighted by Crippen LogP contribution is -2.24. The molecule has 0 aliphatic carbocycles. The van der Waals surface area contributed by atoms with E-state index in [1.54, 1.807) is 11.8 Å². The number of hydrogen-bond donors (Lipinski definition) is 1. The summed E-state index contributed by atoms with van der Waals surface area (Å²) in [6.45, 7) is 5.23. The number of carbonyl (C=O) groups excluding carboxylic acids is 1. The van der Waals surface area contributed by atoms with Crippen LogP contribution in [0.2, 0.25) is 0 Å². The van der Waals surface area contributed by atoms with Crippen molar-refractivity contribution >= 4 is 17.7 Å². The van der Waals surface area contributed by atoms with Crippen molar-refractivity contribution < 1.29 is 9.53 Å². The smallest absolute Gasteiger partial charge is 0.230 e. The number of benzene rings is 2.